The molecule has 1 aromatic heterocycles. The van der Waals surface area contributed by atoms with Crippen molar-refractivity contribution in [3.63, 3.8) is 0 Å². The Morgan fingerprint density at radius 2 is 2.00 bits per heavy atom. The van der Waals surface area contributed by atoms with Gasteiger partial charge in [-0.3, -0.25) is 5.41 Å². The minimum atomic E-state index is -4.67. The average molecular weight is 475 g/mol. The van der Waals surface area contributed by atoms with E-state index in [4.69, 9.17) is 20.4 Å². The van der Waals surface area contributed by atoms with Crippen LogP contribution >= 0.6 is 0 Å². The summed E-state index contributed by atoms with van der Waals surface area (Å²) < 4.78 is 64.7. The molecule has 1 aliphatic rings. The summed E-state index contributed by atoms with van der Waals surface area (Å²) in [6.07, 6.45) is -0.0884. The average Bonchev–Trinajstić information content (AvgIpc) is 3.47. The molecule has 34 heavy (non-hydrogen) atoms. The van der Waals surface area contributed by atoms with Crippen LogP contribution in [0.25, 0.3) is 17.5 Å². The first-order valence-electron chi connectivity index (χ1n) is 10.4. The van der Waals surface area contributed by atoms with Crippen LogP contribution in [0.5, 0.6) is 5.75 Å². The third-order valence-corrected chi connectivity index (χ3v) is 5.35. The Morgan fingerprint density at radius 1 is 1.24 bits per heavy atom. The van der Waals surface area contributed by atoms with Gasteiger partial charge in [-0.2, -0.15) is 18.2 Å². The van der Waals surface area contributed by atoms with Crippen LogP contribution in [-0.2, 0) is 6.18 Å². The molecule has 178 valence electrons. The maximum Gasteiger partial charge on any atom is 0.419 e. The Kier molecular flexibility index (Phi) is 6.53. The number of nitrogens with one attached hydrogen (secondary N) is 1. The van der Waals surface area contributed by atoms with Crippen molar-refractivity contribution >= 4 is 12.0 Å². The third-order valence-electron chi connectivity index (χ3n) is 5.35. The number of aromatic nitrogens is 2. The minimum Gasteiger partial charge on any atom is -0.489 e. The number of ether oxygens (including phenoxy) is 1. The van der Waals surface area contributed by atoms with E-state index >= 15 is 0 Å². The summed E-state index contributed by atoms with van der Waals surface area (Å²) >= 11 is 0. The minimum absolute atomic E-state index is 0.00124. The molecule has 7 nitrogen and oxygen atoms in total. The van der Waals surface area contributed by atoms with Crippen LogP contribution < -0.4 is 10.5 Å². The van der Waals surface area contributed by atoms with E-state index in [1.165, 1.54) is 30.3 Å². The third kappa shape index (κ3) is 5.19. The van der Waals surface area contributed by atoms with E-state index in [-0.39, 0.29) is 47.5 Å². The molecular formula is C23H21F4N5O2. The van der Waals surface area contributed by atoms with Crippen molar-refractivity contribution in [3.05, 3.63) is 71.4 Å². The van der Waals surface area contributed by atoms with E-state index in [0.29, 0.717) is 18.5 Å². The Morgan fingerprint density at radius 3 is 2.71 bits per heavy atom. The molecule has 1 aliphatic heterocycles. The van der Waals surface area contributed by atoms with Crippen molar-refractivity contribution in [3.8, 4) is 17.1 Å². The van der Waals surface area contributed by atoms with Gasteiger partial charge in [-0.05, 0) is 54.8 Å². The van der Waals surface area contributed by atoms with E-state index in [9.17, 15) is 17.6 Å². The Bertz CT molecular complexity index is 1190. The summed E-state index contributed by atoms with van der Waals surface area (Å²) in [5.74, 6) is -0.656. The standard InChI is InChI=1S/C23H21F4N5O2/c24-16-8-5-14(6-9-16)3-2-12-33-19-10-7-15(13-17(19)23(25,26)27)20-30-21(34-31-20)18-4-1-11-32(18)22(28)29/h2-3,5-10,13,18H,1,4,11-12H2,(H3,28,29)/t18-/m0/s1. The number of hydrogen-bond donors (Lipinski definition) is 2. The molecule has 4 rings (SSSR count). The number of likely N-dealkylation sites (tertiary alicyclic amines) is 1. The summed E-state index contributed by atoms with van der Waals surface area (Å²) in [7, 11) is 0. The van der Waals surface area contributed by atoms with Gasteiger partial charge in [0.2, 0.25) is 11.7 Å². The largest absolute Gasteiger partial charge is 0.489 e. The van der Waals surface area contributed by atoms with Crippen LogP contribution in [0, 0.1) is 11.2 Å². The molecule has 0 unspecified atom stereocenters. The van der Waals surface area contributed by atoms with Crippen LogP contribution in [0.2, 0.25) is 0 Å². The molecule has 0 radical (unpaired) electrons. The molecule has 2 aromatic carbocycles. The zero-order valence-electron chi connectivity index (χ0n) is 17.8. The molecular weight excluding hydrogens is 454 g/mol. The van der Waals surface area contributed by atoms with Crippen molar-refractivity contribution in [1.82, 2.24) is 15.0 Å². The Balaban J connectivity index is 1.51. The maximum absolute atomic E-state index is 13.7. The lowest BCUT2D eigenvalue weighted by molar-refractivity contribution is -0.138. The quantitative estimate of drug-likeness (QED) is 0.295. The highest BCUT2D eigenvalue weighted by atomic mass is 19.4. The predicted molar refractivity (Wildman–Crippen MR) is 116 cm³/mol. The number of benzene rings is 2. The van der Waals surface area contributed by atoms with Crippen LogP contribution in [0.15, 0.2) is 53.1 Å². The number of nitrogens with two attached hydrogens (primary N) is 1. The van der Waals surface area contributed by atoms with Crippen molar-refractivity contribution in [2.75, 3.05) is 13.2 Å². The van der Waals surface area contributed by atoms with Gasteiger partial charge >= 0.3 is 6.18 Å². The van der Waals surface area contributed by atoms with E-state index in [2.05, 4.69) is 10.1 Å². The van der Waals surface area contributed by atoms with Crippen LogP contribution in [0.4, 0.5) is 17.6 Å². The summed E-state index contributed by atoms with van der Waals surface area (Å²) in [5.41, 5.74) is 5.41. The zero-order valence-corrected chi connectivity index (χ0v) is 17.8. The highest BCUT2D eigenvalue weighted by molar-refractivity contribution is 5.75. The van der Waals surface area contributed by atoms with Gasteiger partial charge in [0.25, 0.3) is 0 Å². The van der Waals surface area contributed by atoms with Crippen molar-refractivity contribution in [1.29, 1.82) is 5.41 Å². The summed E-state index contributed by atoms with van der Waals surface area (Å²) in [5, 5.41) is 11.5. The summed E-state index contributed by atoms with van der Waals surface area (Å²) in [6.45, 7) is 0.451. The lowest BCUT2D eigenvalue weighted by Gasteiger charge is -2.21. The van der Waals surface area contributed by atoms with Gasteiger partial charge in [-0.1, -0.05) is 23.4 Å². The first-order chi connectivity index (χ1) is 16.2. The van der Waals surface area contributed by atoms with Gasteiger partial charge in [-0.25, -0.2) is 4.39 Å². The first kappa shape index (κ1) is 23.3. The van der Waals surface area contributed by atoms with E-state index < -0.39 is 11.7 Å². The molecule has 0 saturated carbocycles. The molecule has 1 saturated heterocycles. The monoisotopic (exact) mass is 475 g/mol. The molecule has 2 heterocycles. The second-order valence-corrected chi connectivity index (χ2v) is 7.67. The zero-order chi connectivity index (χ0) is 24.3. The van der Waals surface area contributed by atoms with Crippen LogP contribution in [0.1, 0.15) is 35.9 Å². The molecule has 0 aliphatic carbocycles. The maximum atomic E-state index is 13.7. The summed E-state index contributed by atoms with van der Waals surface area (Å²) in [4.78, 5) is 5.85. The molecule has 11 heteroatoms. The highest BCUT2D eigenvalue weighted by Crippen LogP contribution is 2.39. The predicted octanol–water partition coefficient (Wildman–Crippen LogP) is 5.02. The fourth-order valence-corrected chi connectivity index (χ4v) is 3.71. The molecule has 3 aromatic rings. The normalized spacial score (nSPS) is 16.4. The second-order valence-electron chi connectivity index (χ2n) is 7.67. The second kappa shape index (κ2) is 9.54. The number of guanidine groups is 1. The van der Waals surface area contributed by atoms with Gasteiger partial charge in [0.15, 0.2) is 5.96 Å². The van der Waals surface area contributed by atoms with Crippen LogP contribution in [-0.4, -0.2) is 34.2 Å². The lowest BCUT2D eigenvalue weighted by atomic mass is 10.1. The lowest BCUT2D eigenvalue weighted by Crippen LogP contribution is -2.35. The molecule has 3 N–H and O–H groups in total. The number of hydrogen-bond acceptors (Lipinski definition) is 5. The van der Waals surface area contributed by atoms with E-state index in [0.717, 1.165) is 12.5 Å². The SMILES string of the molecule is N=C(N)N1CCC[C@H]1c1nc(-c2ccc(OCC=Cc3ccc(F)cc3)c(C(F)(F)F)c2)no1. The van der Waals surface area contributed by atoms with Gasteiger partial charge < -0.3 is 19.9 Å². The smallest absolute Gasteiger partial charge is 0.419 e. The van der Waals surface area contributed by atoms with Crippen molar-refractivity contribution in [2.45, 2.75) is 25.1 Å². The number of rotatable bonds is 6. The highest BCUT2D eigenvalue weighted by Gasteiger charge is 2.36. The molecule has 0 bridgehead atoms. The van der Waals surface area contributed by atoms with E-state index in [1.54, 1.807) is 23.1 Å². The molecule has 0 spiro atoms. The van der Waals surface area contributed by atoms with E-state index in [1.807, 2.05) is 0 Å². The fourth-order valence-electron chi connectivity index (χ4n) is 3.71. The topological polar surface area (TPSA) is 101 Å². The van der Waals surface area contributed by atoms with Gasteiger partial charge in [0.05, 0.1) is 5.56 Å². The fraction of sp³-hybridized carbons (Fsp3) is 0.261. The molecule has 1 fully saturated rings. The van der Waals surface area contributed by atoms with Crippen molar-refractivity contribution in [2.24, 2.45) is 5.73 Å². The number of halogens is 4. The number of nitrogens with zero attached hydrogens (tertiary/aromatic N) is 3. The van der Waals surface area contributed by atoms with Crippen LogP contribution in [0.3, 0.4) is 0 Å². The number of alkyl halides is 3. The Labute approximate surface area is 192 Å². The van der Waals surface area contributed by atoms with Gasteiger partial charge in [-0.15, -0.1) is 0 Å². The van der Waals surface area contributed by atoms with Gasteiger partial charge in [0.1, 0.15) is 24.2 Å². The van der Waals surface area contributed by atoms with Gasteiger partial charge in [0, 0.05) is 12.1 Å². The Hall–Kier alpha value is -3.89. The van der Waals surface area contributed by atoms with Crippen molar-refractivity contribution < 1.29 is 26.8 Å². The summed E-state index contributed by atoms with van der Waals surface area (Å²) in [6, 6.07) is 8.81. The molecule has 1 atom stereocenters. The first-order valence-corrected chi connectivity index (χ1v) is 10.4. The molecule has 0 amide bonds.